The van der Waals surface area contributed by atoms with E-state index in [1.54, 1.807) is 6.08 Å². The smallest absolute Gasteiger partial charge is 0.327 e. The van der Waals surface area contributed by atoms with Gasteiger partial charge < -0.3 is 5.11 Å². The zero-order valence-electron chi connectivity index (χ0n) is 13.1. The average Bonchev–Trinajstić information content (AvgIpc) is 2.43. The molecule has 0 aliphatic heterocycles. The summed E-state index contributed by atoms with van der Waals surface area (Å²) in [6.07, 6.45) is 13.1. The monoisotopic (exact) mass is 299 g/mol. The van der Waals surface area contributed by atoms with Gasteiger partial charge in [-0.05, 0) is 25.7 Å². The highest BCUT2D eigenvalue weighted by Gasteiger charge is 2.18. The van der Waals surface area contributed by atoms with Gasteiger partial charge in [-0.3, -0.25) is 10.1 Å². The van der Waals surface area contributed by atoms with Crippen LogP contribution in [0.2, 0.25) is 0 Å². The molecule has 0 saturated heterocycles. The van der Waals surface area contributed by atoms with E-state index in [0.29, 0.717) is 12.8 Å². The first-order valence-electron chi connectivity index (χ1n) is 8.10. The van der Waals surface area contributed by atoms with Gasteiger partial charge in [0, 0.05) is 23.8 Å². The van der Waals surface area contributed by atoms with Gasteiger partial charge >= 0.3 is 5.97 Å². The Morgan fingerprint density at radius 2 is 1.67 bits per heavy atom. The zero-order valence-corrected chi connectivity index (χ0v) is 13.1. The number of unbranched alkanes of at least 4 members (excludes halogenated alkanes) is 7. The predicted molar refractivity (Wildman–Crippen MR) is 84.0 cm³/mol. The quantitative estimate of drug-likeness (QED) is 0.220. The van der Waals surface area contributed by atoms with E-state index in [-0.39, 0.29) is 4.92 Å². The maximum absolute atomic E-state index is 11.0. The van der Waals surface area contributed by atoms with Crippen LogP contribution in [0.5, 0.6) is 0 Å². The second kappa shape index (κ2) is 13.6. The Kier molecular flexibility index (Phi) is 12.7. The molecule has 0 fully saturated rings. The lowest BCUT2D eigenvalue weighted by Crippen LogP contribution is -2.19. The molecule has 0 heterocycles. The van der Waals surface area contributed by atoms with Crippen molar-refractivity contribution < 1.29 is 14.8 Å². The van der Waals surface area contributed by atoms with Crippen LogP contribution in [0.15, 0.2) is 12.2 Å². The minimum atomic E-state index is -0.925. The molecule has 0 rings (SSSR count). The number of hydrogen-bond acceptors (Lipinski definition) is 3. The maximum atomic E-state index is 11.0. The van der Waals surface area contributed by atoms with E-state index >= 15 is 0 Å². The van der Waals surface area contributed by atoms with Crippen molar-refractivity contribution in [3.8, 4) is 0 Å². The number of carboxylic acids is 1. The predicted octanol–water partition coefficient (Wildman–Crippen LogP) is 4.58. The summed E-state index contributed by atoms with van der Waals surface area (Å²) in [7, 11) is 0. The minimum Gasteiger partial charge on any atom is -0.478 e. The van der Waals surface area contributed by atoms with E-state index in [4.69, 9.17) is 5.11 Å². The summed E-state index contributed by atoms with van der Waals surface area (Å²) < 4.78 is 0. The van der Waals surface area contributed by atoms with E-state index in [2.05, 4.69) is 6.92 Å². The SMILES string of the molecule is CCCCCCCC(CCCCC/C=C\C(=O)O)[N+](=O)[O-]. The van der Waals surface area contributed by atoms with E-state index < -0.39 is 12.0 Å². The van der Waals surface area contributed by atoms with E-state index in [0.717, 1.165) is 44.6 Å². The minimum absolute atomic E-state index is 0.135. The Hall–Kier alpha value is -1.39. The van der Waals surface area contributed by atoms with Gasteiger partial charge in [0.1, 0.15) is 0 Å². The van der Waals surface area contributed by atoms with Crippen molar-refractivity contribution in [2.45, 2.75) is 83.6 Å². The largest absolute Gasteiger partial charge is 0.478 e. The van der Waals surface area contributed by atoms with Crippen LogP contribution in [0.1, 0.15) is 77.6 Å². The van der Waals surface area contributed by atoms with Crippen LogP contribution >= 0.6 is 0 Å². The number of rotatable bonds is 14. The molecule has 0 aromatic carbocycles. The number of hydrogen-bond donors (Lipinski definition) is 1. The molecular formula is C16H29NO4. The molecule has 0 aliphatic carbocycles. The molecule has 5 heteroatoms. The standard InChI is InChI=1S/C16H29NO4/c1-2-3-4-6-9-12-15(17(20)21)13-10-7-5-8-11-14-16(18)19/h11,14-15H,2-10,12-13H2,1H3,(H,18,19)/b14-11-. The van der Waals surface area contributed by atoms with E-state index in [1.807, 2.05) is 0 Å². The third-order valence-electron chi connectivity index (χ3n) is 3.61. The number of carbonyl (C=O) groups is 1. The highest BCUT2D eigenvalue weighted by atomic mass is 16.6. The lowest BCUT2D eigenvalue weighted by molar-refractivity contribution is -0.524. The molecule has 0 amide bonds. The van der Waals surface area contributed by atoms with Gasteiger partial charge in [0.15, 0.2) is 0 Å². The Labute approximate surface area is 127 Å². The molecule has 0 radical (unpaired) electrons. The van der Waals surface area contributed by atoms with E-state index in [1.165, 1.54) is 19.3 Å². The highest BCUT2D eigenvalue weighted by Crippen LogP contribution is 2.15. The number of carboxylic acid groups (broad SMARTS) is 1. The topological polar surface area (TPSA) is 80.4 Å². The molecule has 0 aromatic rings. The molecule has 5 nitrogen and oxygen atoms in total. The Bertz CT molecular complexity index is 315. The summed E-state index contributed by atoms with van der Waals surface area (Å²) >= 11 is 0. The number of nitrogens with zero attached hydrogens (tertiary/aromatic N) is 1. The van der Waals surface area contributed by atoms with Gasteiger partial charge in [-0.15, -0.1) is 0 Å². The average molecular weight is 299 g/mol. The molecule has 0 saturated carbocycles. The summed E-state index contributed by atoms with van der Waals surface area (Å²) in [6, 6.07) is -0.402. The fraction of sp³-hybridized carbons (Fsp3) is 0.812. The summed E-state index contributed by atoms with van der Waals surface area (Å²) in [4.78, 5) is 21.1. The maximum Gasteiger partial charge on any atom is 0.327 e. The first kappa shape index (κ1) is 19.6. The number of aliphatic carboxylic acids is 1. The first-order chi connectivity index (χ1) is 10.1. The van der Waals surface area contributed by atoms with Gasteiger partial charge in [0.25, 0.3) is 0 Å². The van der Waals surface area contributed by atoms with E-state index in [9.17, 15) is 14.9 Å². The Morgan fingerprint density at radius 3 is 2.19 bits per heavy atom. The molecular weight excluding hydrogens is 270 g/mol. The first-order valence-corrected chi connectivity index (χ1v) is 8.10. The van der Waals surface area contributed by atoms with Gasteiger partial charge in [-0.25, -0.2) is 4.79 Å². The molecule has 0 aromatic heterocycles. The summed E-state index contributed by atoms with van der Waals surface area (Å²) in [5.41, 5.74) is 0. The molecule has 0 spiro atoms. The third kappa shape index (κ3) is 13.4. The third-order valence-corrected chi connectivity index (χ3v) is 3.61. The van der Waals surface area contributed by atoms with Crippen molar-refractivity contribution in [3.05, 3.63) is 22.3 Å². The van der Waals surface area contributed by atoms with Crippen molar-refractivity contribution in [3.63, 3.8) is 0 Å². The molecule has 1 atom stereocenters. The lowest BCUT2D eigenvalue weighted by Gasteiger charge is -2.09. The summed E-state index contributed by atoms with van der Waals surface area (Å²) in [5, 5.41) is 19.4. The van der Waals surface area contributed by atoms with Gasteiger partial charge in [-0.2, -0.15) is 0 Å². The fourth-order valence-electron chi connectivity index (χ4n) is 2.34. The summed E-state index contributed by atoms with van der Waals surface area (Å²) in [5.74, 6) is -0.925. The summed E-state index contributed by atoms with van der Waals surface area (Å²) in [6.45, 7) is 2.16. The van der Waals surface area contributed by atoms with Crippen LogP contribution < -0.4 is 0 Å². The molecule has 122 valence electrons. The van der Waals surface area contributed by atoms with Crippen LogP contribution in [0.25, 0.3) is 0 Å². The molecule has 1 unspecified atom stereocenters. The van der Waals surface area contributed by atoms with Crippen molar-refractivity contribution in [1.29, 1.82) is 0 Å². The van der Waals surface area contributed by atoms with Gasteiger partial charge in [-0.1, -0.05) is 45.1 Å². The number of allylic oxidation sites excluding steroid dienone is 1. The lowest BCUT2D eigenvalue weighted by atomic mass is 10.0. The Balaban J connectivity index is 3.65. The van der Waals surface area contributed by atoms with Crippen LogP contribution in [0, 0.1) is 10.1 Å². The number of nitro groups is 1. The van der Waals surface area contributed by atoms with Crippen molar-refractivity contribution >= 4 is 5.97 Å². The van der Waals surface area contributed by atoms with Gasteiger partial charge in [0.2, 0.25) is 6.04 Å². The van der Waals surface area contributed by atoms with Crippen LogP contribution in [0.4, 0.5) is 0 Å². The van der Waals surface area contributed by atoms with Crippen molar-refractivity contribution in [1.82, 2.24) is 0 Å². The molecule has 21 heavy (non-hydrogen) atoms. The molecule has 1 N–H and O–H groups in total. The van der Waals surface area contributed by atoms with Gasteiger partial charge in [0.05, 0.1) is 0 Å². The molecule has 0 aliphatic rings. The molecule has 0 bridgehead atoms. The zero-order chi connectivity index (χ0) is 15.9. The fourth-order valence-corrected chi connectivity index (χ4v) is 2.34. The Morgan fingerprint density at radius 1 is 1.10 bits per heavy atom. The van der Waals surface area contributed by atoms with Crippen LogP contribution in [-0.4, -0.2) is 22.0 Å². The second-order valence-corrected chi connectivity index (χ2v) is 5.52. The highest BCUT2D eigenvalue weighted by molar-refractivity contribution is 5.79. The van der Waals surface area contributed by atoms with Crippen molar-refractivity contribution in [2.24, 2.45) is 0 Å². The normalized spacial score (nSPS) is 12.6. The second-order valence-electron chi connectivity index (χ2n) is 5.52. The van der Waals surface area contributed by atoms with Crippen LogP contribution in [-0.2, 0) is 4.79 Å². The van der Waals surface area contributed by atoms with Crippen LogP contribution in [0.3, 0.4) is 0 Å². The van der Waals surface area contributed by atoms with Crippen molar-refractivity contribution in [2.75, 3.05) is 0 Å².